The zero-order valence-corrected chi connectivity index (χ0v) is 13.2. The van der Waals surface area contributed by atoms with Crippen molar-refractivity contribution in [2.45, 2.75) is 6.55 Å². The van der Waals surface area contributed by atoms with Crippen LogP contribution in [0.2, 0.25) is 0 Å². The number of rotatable bonds is 3. The highest BCUT2D eigenvalue weighted by Gasteiger charge is 2.57. The van der Waals surface area contributed by atoms with E-state index in [4.69, 9.17) is 9.47 Å². The summed E-state index contributed by atoms with van der Waals surface area (Å²) >= 11 is 0. The van der Waals surface area contributed by atoms with Crippen LogP contribution in [0.5, 0.6) is 0 Å². The molecule has 2 aliphatic heterocycles. The van der Waals surface area contributed by atoms with Crippen LogP contribution in [0.25, 0.3) is 0 Å². The van der Waals surface area contributed by atoms with Gasteiger partial charge in [0.25, 0.3) is 5.91 Å². The second kappa shape index (κ2) is 6.45. The average Bonchev–Trinajstić information content (AvgIpc) is 3.18. The summed E-state index contributed by atoms with van der Waals surface area (Å²) in [6, 6.07) is 2.75. The highest BCUT2D eigenvalue weighted by Crippen LogP contribution is 2.42. The maximum atomic E-state index is 12.9. The van der Waals surface area contributed by atoms with Crippen molar-refractivity contribution in [3.05, 3.63) is 24.0 Å². The third-order valence-electron chi connectivity index (χ3n) is 4.46. The number of nitrogens with zero attached hydrogens (tertiary/aromatic N) is 2. The summed E-state index contributed by atoms with van der Waals surface area (Å²) in [4.78, 5) is 26.0. The van der Waals surface area contributed by atoms with Crippen LogP contribution < -0.4 is 0 Å². The van der Waals surface area contributed by atoms with Crippen LogP contribution in [-0.4, -0.2) is 54.8 Å². The predicted octanol–water partition coefficient (Wildman–Crippen LogP) is 1.57. The zero-order valence-electron chi connectivity index (χ0n) is 12.4. The number of amides is 1. The van der Waals surface area contributed by atoms with Crippen LogP contribution >= 0.6 is 12.4 Å². The lowest BCUT2D eigenvalue weighted by molar-refractivity contribution is -0.153. The van der Waals surface area contributed by atoms with E-state index >= 15 is 0 Å². The van der Waals surface area contributed by atoms with Gasteiger partial charge in [-0.05, 0) is 12.1 Å². The van der Waals surface area contributed by atoms with Crippen LogP contribution in [0.1, 0.15) is 17.0 Å². The SMILES string of the molecule is COC(=O)[C@@]12COC[C@@H]1CN(C(=O)c1cccn1C(F)F)C2.Cl. The van der Waals surface area contributed by atoms with Gasteiger partial charge in [0.1, 0.15) is 11.1 Å². The van der Waals surface area contributed by atoms with Crippen LogP contribution in [0.3, 0.4) is 0 Å². The fourth-order valence-electron chi connectivity index (χ4n) is 3.29. The number of hydrogen-bond acceptors (Lipinski definition) is 4. The van der Waals surface area contributed by atoms with E-state index in [0.29, 0.717) is 17.7 Å². The number of esters is 1. The first kappa shape index (κ1) is 17.7. The molecule has 2 saturated heterocycles. The number of ether oxygens (including phenoxy) is 2. The van der Waals surface area contributed by atoms with E-state index < -0.39 is 23.8 Å². The van der Waals surface area contributed by atoms with Crippen molar-refractivity contribution in [3.63, 3.8) is 0 Å². The van der Waals surface area contributed by atoms with Gasteiger partial charge in [0.2, 0.25) is 0 Å². The second-order valence-corrected chi connectivity index (χ2v) is 5.62. The summed E-state index contributed by atoms with van der Waals surface area (Å²) in [5.74, 6) is -1.10. The second-order valence-electron chi connectivity index (χ2n) is 5.62. The first-order valence-corrected chi connectivity index (χ1v) is 6.90. The van der Waals surface area contributed by atoms with Gasteiger partial charge in [0, 0.05) is 25.2 Å². The number of carbonyl (C=O) groups excluding carboxylic acids is 2. The van der Waals surface area contributed by atoms with Crippen LogP contribution in [-0.2, 0) is 14.3 Å². The molecule has 23 heavy (non-hydrogen) atoms. The van der Waals surface area contributed by atoms with Crippen molar-refractivity contribution >= 4 is 24.3 Å². The van der Waals surface area contributed by atoms with Gasteiger partial charge in [-0.2, -0.15) is 8.78 Å². The van der Waals surface area contributed by atoms with E-state index in [1.54, 1.807) is 0 Å². The normalized spacial score (nSPS) is 26.1. The highest BCUT2D eigenvalue weighted by molar-refractivity contribution is 5.94. The molecule has 0 aliphatic carbocycles. The Bertz CT molecular complexity index is 609. The Morgan fingerprint density at radius 3 is 2.87 bits per heavy atom. The zero-order chi connectivity index (χ0) is 15.9. The first-order valence-electron chi connectivity index (χ1n) is 6.90. The summed E-state index contributed by atoms with van der Waals surface area (Å²) in [6.07, 6.45) is 1.16. The monoisotopic (exact) mass is 350 g/mol. The predicted molar refractivity (Wildman–Crippen MR) is 77.6 cm³/mol. The molecule has 3 rings (SSSR count). The Hall–Kier alpha value is -1.67. The smallest absolute Gasteiger partial charge is 0.319 e. The highest BCUT2D eigenvalue weighted by atomic mass is 35.5. The van der Waals surface area contributed by atoms with Crippen molar-refractivity contribution in [2.75, 3.05) is 33.4 Å². The van der Waals surface area contributed by atoms with Crippen molar-refractivity contribution in [1.82, 2.24) is 9.47 Å². The largest absolute Gasteiger partial charge is 0.468 e. The Morgan fingerprint density at radius 1 is 1.48 bits per heavy atom. The van der Waals surface area contributed by atoms with E-state index in [9.17, 15) is 18.4 Å². The first-order chi connectivity index (χ1) is 10.5. The van der Waals surface area contributed by atoms with Gasteiger partial charge in [-0.25, -0.2) is 0 Å². The minimum atomic E-state index is -2.78. The molecule has 2 atom stereocenters. The number of fused-ring (bicyclic) bond motifs is 1. The lowest BCUT2D eigenvalue weighted by Crippen LogP contribution is -2.41. The van der Waals surface area contributed by atoms with E-state index in [-0.39, 0.29) is 37.2 Å². The third-order valence-corrected chi connectivity index (χ3v) is 4.46. The van der Waals surface area contributed by atoms with E-state index in [1.807, 2.05) is 0 Å². The van der Waals surface area contributed by atoms with Crippen LogP contribution in [0, 0.1) is 11.3 Å². The Balaban J connectivity index is 0.00000192. The van der Waals surface area contributed by atoms with Crippen molar-refractivity contribution in [3.8, 4) is 0 Å². The molecule has 1 aromatic rings. The minimum absolute atomic E-state index is 0. The van der Waals surface area contributed by atoms with E-state index in [2.05, 4.69) is 0 Å². The average molecular weight is 351 g/mol. The number of methoxy groups -OCH3 is 1. The van der Waals surface area contributed by atoms with Gasteiger partial charge in [-0.3, -0.25) is 14.2 Å². The van der Waals surface area contributed by atoms with Gasteiger partial charge in [-0.15, -0.1) is 12.4 Å². The minimum Gasteiger partial charge on any atom is -0.468 e. The molecule has 128 valence electrons. The molecule has 2 fully saturated rings. The van der Waals surface area contributed by atoms with E-state index in [1.165, 1.54) is 24.1 Å². The number of halogens is 3. The maximum absolute atomic E-state index is 12.9. The quantitative estimate of drug-likeness (QED) is 0.776. The van der Waals surface area contributed by atoms with Gasteiger partial charge < -0.3 is 14.4 Å². The fraction of sp³-hybridized carbons (Fsp3) is 0.571. The molecule has 0 N–H and O–H groups in total. The maximum Gasteiger partial charge on any atom is 0.319 e. The van der Waals surface area contributed by atoms with Gasteiger partial charge in [0.15, 0.2) is 0 Å². The topological polar surface area (TPSA) is 60.8 Å². The molecule has 0 unspecified atom stereocenters. The Labute approximate surface area is 137 Å². The molecular weight excluding hydrogens is 334 g/mol. The van der Waals surface area contributed by atoms with Crippen molar-refractivity contribution in [2.24, 2.45) is 11.3 Å². The molecule has 1 amide bonds. The lowest BCUT2D eigenvalue weighted by atomic mass is 9.81. The van der Waals surface area contributed by atoms with Crippen LogP contribution in [0.15, 0.2) is 18.3 Å². The molecule has 9 heteroatoms. The number of carbonyl (C=O) groups is 2. The Morgan fingerprint density at radius 2 is 2.22 bits per heavy atom. The Kier molecular flexibility index (Phi) is 4.95. The molecule has 0 radical (unpaired) electrons. The number of aromatic nitrogens is 1. The summed E-state index contributed by atoms with van der Waals surface area (Å²) in [7, 11) is 1.29. The molecular formula is C14H17ClF2N2O4. The molecule has 0 bridgehead atoms. The van der Waals surface area contributed by atoms with Gasteiger partial charge in [0.05, 0.1) is 20.3 Å². The number of hydrogen-bond donors (Lipinski definition) is 0. The van der Waals surface area contributed by atoms with Crippen molar-refractivity contribution in [1.29, 1.82) is 0 Å². The van der Waals surface area contributed by atoms with Gasteiger partial charge >= 0.3 is 12.5 Å². The van der Waals surface area contributed by atoms with Crippen molar-refractivity contribution < 1.29 is 27.8 Å². The number of alkyl halides is 2. The molecule has 1 aromatic heterocycles. The molecule has 3 heterocycles. The number of likely N-dealkylation sites (tertiary alicyclic amines) is 1. The summed E-state index contributed by atoms with van der Waals surface area (Å²) < 4.78 is 36.6. The molecule has 0 spiro atoms. The fourth-order valence-corrected chi connectivity index (χ4v) is 3.29. The summed E-state index contributed by atoms with van der Waals surface area (Å²) in [5.41, 5.74) is -0.969. The van der Waals surface area contributed by atoms with E-state index in [0.717, 1.165) is 6.20 Å². The summed E-state index contributed by atoms with van der Waals surface area (Å²) in [6.45, 7) is -1.83. The molecule has 2 aliphatic rings. The standard InChI is InChI=1S/C14H16F2N2O4.ClH/c1-21-12(20)14-7-17(5-9(14)6-22-8-14)11(19)10-3-2-4-18(10)13(15)16;/h2-4,9,13H,5-8H2,1H3;1H/t9-,14-;/m0./s1. The molecule has 6 nitrogen and oxygen atoms in total. The molecule has 0 saturated carbocycles. The summed E-state index contributed by atoms with van der Waals surface area (Å²) in [5, 5.41) is 0. The molecule has 0 aromatic carbocycles. The third kappa shape index (κ3) is 2.70. The van der Waals surface area contributed by atoms with Gasteiger partial charge in [-0.1, -0.05) is 0 Å². The lowest BCUT2D eigenvalue weighted by Gasteiger charge is -2.24. The van der Waals surface area contributed by atoms with Crippen LogP contribution in [0.4, 0.5) is 8.78 Å².